The van der Waals surface area contributed by atoms with Crippen LogP contribution in [-0.4, -0.2) is 52.1 Å². The molecule has 1 atom stereocenters. The van der Waals surface area contributed by atoms with Crippen molar-refractivity contribution < 1.29 is 18.7 Å². The van der Waals surface area contributed by atoms with Crippen molar-refractivity contribution in [1.82, 2.24) is 19.8 Å². The number of rotatable bonds is 7. The molecule has 0 saturated carbocycles. The molecule has 0 saturated heterocycles. The average Bonchev–Trinajstić information content (AvgIpc) is 3.12. The molecule has 1 unspecified atom stereocenters. The first-order valence-electron chi connectivity index (χ1n) is 8.37. The Bertz CT molecular complexity index is 760. The van der Waals surface area contributed by atoms with E-state index in [0.717, 1.165) is 11.5 Å². The summed E-state index contributed by atoms with van der Waals surface area (Å²) in [6, 6.07) is 4.55. The fourth-order valence-corrected chi connectivity index (χ4v) is 2.93. The van der Waals surface area contributed by atoms with Crippen molar-refractivity contribution in [3.63, 3.8) is 0 Å². The number of aromatic nitrogens is 2. The number of carbonyl (C=O) groups is 2. The van der Waals surface area contributed by atoms with Crippen molar-refractivity contribution in [2.45, 2.75) is 32.4 Å². The van der Waals surface area contributed by atoms with Gasteiger partial charge in [-0.05, 0) is 50.0 Å². The van der Waals surface area contributed by atoms with Crippen molar-refractivity contribution in [3.8, 4) is 0 Å². The molecule has 0 aliphatic rings. The minimum absolute atomic E-state index is 0.145. The second-order valence-corrected chi connectivity index (χ2v) is 7.58. The highest BCUT2D eigenvalue weighted by molar-refractivity contribution is 7.03. The maximum absolute atomic E-state index is 13.4. The fraction of sp³-hybridized carbons (Fsp3) is 0.444. The number of methoxy groups -OCH3 is 1. The van der Waals surface area contributed by atoms with E-state index < -0.39 is 23.3 Å². The monoisotopic (exact) mass is 394 g/mol. The van der Waals surface area contributed by atoms with Crippen LogP contribution in [0.1, 0.15) is 42.9 Å². The second kappa shape index (κ2) is 9.01. The summed E-state index contributed by atoms with van der Waals surface area (Å²) in [4.78, 5) is 27.4. The molecular weight excluding hydrogens is 371 g/mol. The maximum atomic E-state index is 13.4. The molecule has 1 N–H and O–H groups in total. The zero-order chi connectivity index (χ0) is 20.0. The molecule has 1 heterocycles. The van der Waals surface area contributed by atoms with Crippen LogP contribution in [0.3, 0.4) is 0 Å². The first-order chi connectivity index (χ1) is 12.7. The van der Waals surface area contributed by atoms with Crippen molar-refractivity contribution in [1.29, 1.82) is 0 Å². The van der Waals surface area contributed by atoms with Gasteiger partial charge in [0.1, 0.15) is 11.9 Å². The van der Waals surface area contributed by atoms with Gasteiger partial charge in [0.25, 0.3) is 5.91 Å². The lowest BCUT2D eigenvalue weighted by molar-refractivity contribution is -0.127. The molecule has 2 rings (SSSR count). The first kappa shape index (κ1) is 20.9. The van der Waals surface area contributed by atoms with E-state index in [0.29, 0.717) is 5.56 Å². The summed E-state index contributed by atoms with van der Waals surface area (Å²) in [6.45, 7) is 5.92. The number of hydrogen-bond acceptors (Lipinski definition) is 6. The Hall–Kier alpha value is -2.39. The molecule has 0 radical (unpaired) electrons. The zero-order valence-corrected chi connectivity index (χ0v) is 16.5. The number of ether oxygens (including phenoxy) is 1. The highest BCUT2D eigenvalue weighted by Crippen LogP contribution is 2.24. The van der Waals surface area contributed by atoms with Gasteiger partial charge < -0.3 is 15.0 Å². The third-order valence-electron chi connectivity index (χ3n) is 3.62. The van der Waals surface area contributed by atoms with Crippen LogP contribution >= 0.6 is 11.5 Å². The summed E-state index contributed by atoms with van der Waals surface area (Å²) in [6.07, 6.45) is 0. The van der Waals surface area contributed by atoms with Gasteiger partial charge in [0.15, 0.2) is 5.69 Å². The van der Waals surface area contributed by atoms with E-state index in [1.165, 1.54) is 41.7 Å². The van der Waals surface area contributed by atoms with Crippen molar-refractivity contribution in [2.75, 3.05) is 20.3 Å². The highest BCUT2D eigenvalue weighted by Gasteiger charge is 2.34. The number of halogens is 1. The highest BCUT2D eigenvalue weighted by atomic mass is 32.1. The molecule has 1 aromatic carbocycles. The molecule has 1 aromatic heterocycles. The van der Waals surface area contributed by atoms with Gasteiger partial charge in [-0.15, -0.1) is 5.10 Å². The van der Waals surface area contributed by atoms with E-state index in [1.807, 2.05) is 20.8 Å². The Morgan fingerprint density at radius 2 is 1.96 bits per heavy atom. The van der Waals surface area contributed by atoms with Crippen LogP contribution in [0.15, 0.2) is 29.6 Å². The summed E-state index contributed by atoms with van der Waals surface area (Å²) in [5.74, 6) is -1.24. The van der Waals surface area contributed by atoms with Gasteiger partial charge >= 0.3 is 0 Å². The zero-order valence-electron chi connectivity index (χ0n) is 15.7. The Balaban J connectivity index is 2.46. The largest absolute Gasteiger partial charge is 0.383 e. The van der Waals surface area contributed by atoms with Gasteiger partial charge in [-0.1, -0.05) is 16.6 Å². The standard InChI is InChI=1S/C18H23FN4O3S/c1-18(2,3)20-16(24)15(12-5-7-13(19)8-6-12)23(9-10-26-4)17(25)14-11-27-22-21-14/h5-8,11,15H,9-10H2,1-4H3,(H,20,24). The number of carbonyl (C=O) groups excluding carboxylic acids is 2. The van der Waals surface area contributed by atoms with E-state index in [1.54, 1.807) is 0 Å². The quantitative estimate of drug-likeness (QED) is 0.780. The number of benzene rings is 1. The van der Waals surface area contributed by atoms with Crippen molar-refractivity contribution in [2.24, 2.45) is 0 Å². The molecule has 0 aliphatic carbocycles. The fourth-order valence-electron chi connectivity index (χ4n) is 2.50. The normalized spacial score (nSPS) is 12.5. The third-order valence-corrected chi connectivity index (χ3v) is 4.12. The summed E-state index contributed by atoms with van der Waals surface area (Å²) >= 11 is 1.05. The lowest BCUT2D eigenvalue weighted by atomic mass is 10.0. The molecule has 27 heavy (non-hydrogen) atoms. The smallest absolute Gasteiger partial charge is 0.276 e. The Kier molecular flexibility index (Phi) is 6.98. The molecule has 146 valence electrons. The lowest BCUT2D eigenvalue weighted by Gasteiger charge is -2.33. The van der Waals surface area contributed by atoms with Crippen LogP contribution in [0.2, 0.25) is 0 Å². The van der Waals surface area contributed by atoms with Gasteiger partial charge in [0.2, 0.25) is 5.91 Å². The van der Waals surface area contributed by atoms with Crippen LogP contribution < -0.4 is 5.32 Å². The molecule has 2 amide bonds. The molecule has 7 nitrogen and oxygen atoms in total. The molecule has 0 spiro atoms. The molecular formula is C18H23FN4O3S. The Labute approximate surface area is 161 Å². The SMILES string of the molecule is COCCN(C(=O)c1csnn1)C(C(=O)NC(C)(C)C)c1ccc(F)cc1. The molecule has 0 bridgehead atoms. The minimum atomic E-state index is -0.964. The van der Waals surface area contributed by atoms with E-state index >= 15 is 0 Å². The molecule has 9 heteroatoms. The summed E-state index contributed by atoms with van der Waals surface area (Å²) in [5.41, 5.74) is 0.130. The summed E-state index contributed by atoms with van der Waals surface area (Å²) in [7, 11) is 1.51. The second-order valence-electron chi connectivity index (χ2n) is 6.97. The Morgan fingerprint density at radius 3 is 2.48 bits per heavy atom. The van der Waals surface area contributed by atoms with E-state index in [9.17, 15) is 14.0 Å². The van der Waals surface area contributed by atoms with Gasteiger partial charge in [-0.25, -0.2) is 4.39 Å². The number of amides is 2. The van der Waals surface area contributed by atoms with Gasteiger partial charge in [0, 0.05) is 24.6 Å². The topological polar surface area (TPSA) is 84.4 Å². The van der Waals surface area contributed by atoms with E-state index in [2.05, 4.69) is 14.9 Å². The van der Waals surface area contributed by atoms with Crippen LogP contribution in [0.5, 0.6) is 0 Å². The minimum Gasteiger partial charge on any atom is -0.383 e. The summed E-state index contributed by atoms with van der Waals surface area (Å²) < 4.78 is 22.2. The third kappa shape index (κ3) is 5.80. The van der Waals surface area contributed by atoms with Gasteiger partial charge in [0.05, 0.1) is 6.61 Å². The van der Waals surface area contributed by atoms with E-state index in [-0.39, 0.29) is 24.8 Å². The Morgan fingerprint density at radius 1 is 1.30 bits per heavy atom. The van der Waals surface area contributed by atoms with Crippen molar-refractivity contribution in [3.05, 3.63) is 46.7 Å². The van der Waals surface area contributed by atoms with Gasteiger partial charge in [-0.2, -0.15) is 0 Å². The van der Waals surface area contributed by atoms with Crippen LogP contribution in [0.4, 0.5) is 4.39 Å². The lowest BCUT2D eigenvalue weighted by Crippen LogP contribution is -2.50. The average molecular weight is 394 g/mol. The number of hydrogen-bond donors (Lipinski definition) is 1. The summed E-state index contributed by atoms with van der Waals surface area (Å²) in [5, 5.41) is 8.22. The van der Waals surface area contributed by atoms with Crippen LogP contribution in [0.25, 0.3) is 0 Å². The van der Waals surface area contributed by atoms with Crippen molar-refractivity contribution >= 4 is 23.3 Å². The van der Waals surface area contributed by atoms with Crippen LogP contribution in [0, 0.1) is 5.82 Å². The number of nitrogens with zero attached hydrogens (tertiary/aromatic N) is 3. The molecule has 0 fully saturated rings. The number of nitrogens with one attached hydrogen (secondary N) is 1. The molecule has 0 aliphatic heterocycles. The predicted molar refractivity (Wildman–Crippen MR) is 99.9 cm³/mol. The van der Waals surface area contributed by atoms with E-state index in [4.69, 9.17) is 4.74 Å². The van der Waals surface area contributed by atoms with Crippen LogP contribution in [-0.2, 0) is 9.53 Å². The van der Waals surface area contributed by atoms with Gasteiger partial charge in [-0.3, -0.25) is 9.59 Å². The maximum Gasteiger partial charge on any atom is 0.276 e. The first-order valence-corrected chi connectivity index (χ1v) is 9.21. The molecule has 2 aromatic rings. The predicted octanol–water partition coefficient (Wildman–Crippen LogP) is 2.42.